The van der Waals surface area contributed by atoms with Gasteiger partial charge in [-0.15, -0.1) is 0 Å². The summed E-state index contributed by atoms with van der Waals surface area (Å²) in [6.45, 7) is 6.43. The van der Waals surface area contributed by atoms with Gasteiger partial charge in [0.2, 0.25) is 0 Å². The van der Waals surface area contributed by atoms with Crippen molar-refractivity contribution in [3.05, 3.63) is 59.2 Å². The lowest BCUT2D eigenvalue weighted by Gasteiger charge is -1.98. The Morgan fingerprint density at radius 2 is 1.67 bits per heavy atom. The lowest BCUT2D eigenvalue weighted by atomic mass is 10.1. The lowest BCUT2D eigenvalue weighted by Crippen LogP contribution is -1.79. The van der Waals surface area contributed by atoms with E-state index >= 15 is 0 Å². The van der Waals surface area contributed by atoms with E-state index in [1.807, 2.05) is 0 Å². The van der Waals surface area contributed by atoms with Crippen molar-refractivity contribution < 1.29 is 0 Å². The first-order chi connectivity index (χ1) is 8.63. The Balaban J connectivity index is 2.22. The van der Waals surface area contributed by atoms with Crippen molar-refractivity contribution in [1.82, 2.24) is 4.98 Å². The number of aromatic nitrogens is 1. The van der Waals surface area contributed by atoms with Crippen molar-refractivity contribution in [3.8, 4) is 11.3 Å². The summed E-state index contributed by atoms with van der Waals surface area (Å²) >= 11 is 0. The Morgan fingerprint density at radius 1 is 0.833 bits per heavy atom. The van der Waals surface area contributed by atoms with Crippen molar-refractivity contribution in [2.45, 2.75) is 20.8 Å². The maximum Gasteiger partial charge on any atom is 0.0464 e. The molecule has 0 saturated heterocycles. The van der Waals surface area contributed by atoms with Gasteiger partial charge in [0.15, 0.2) is 0 Å². The molecule has 0 aliphatic carbocycles. The van der Waals surface area contributed by atoms with Crippen molar-refractivity contribution in [1.29, 1.82) is 0 Å². The summed E-state index contributed by atoms with van der Waals surface area (Å²) in [5, 5.41) is 1.32. The highest BCUT2D eigenvalue weighted by atomic mass is 14.7. The normalized spacial score (nSPS) is 11.1. The number of benzene rings is 2. The van der Waals surface area contributed by atoms with E-state index < -0.39 is 0 Å². The quantitative estimate of drug-likeness (QED) is 0.626. The zero-order valence-electron chi connectivity index (χ0n) is 11.0. The molecule has 0 saturated carbocycles. The molecule has 1 nitrogen and oxygen atoms in total. The van der Waals surface area contributed by atoms with Crippen molar-refractivity contribution in [2.75, 3.05) is 0 Å². The molecule has 1 N–H and O–H groups in total. The second-order valence-electron chi connectivity index (χ2n) is 5.10. The summed E-state index contributed by atoms with van der Waals surface area (Å²) in [4.78, 5) is 3.52. The topological polar surface area (TPSA) is 15.8 Å². The highest BCUT2D eigenvalue weighted by molar-refractivity contribution is 5.89. The Bertz CT molecular complexity index is 720. The molecule has 1 heterocycles. The Labute approximate surface area is 107 Å². The van der Waals surface area contributed by atoms with Gasteiger partial charge in [0.1, 0.15) is 0 Å². The molecule has 0 fully saturated rings. The summed E-state index contributed by atoms with van der Waals surface area (Å²) in [7, 11) is 0. The summed E-state index contributed by atoms with van der Waals surface area (Å²) in [5.41, 5.74) is 7.60. The van der Waals surface area contributed by atoms with Crippen LogP contribution < -0.4 is 0 Å². The Morgan fingerprint density at radius 3 is 2.44 bits per heavy atom. The van der Waals surface area contributed by atoms with Crippen LogP contribution in [0.25, 0.3) is 22.2 Å². The standard InChI is InChI=1S/C17H17N/c1-11-5-4-6-14(8-11)16-10-15-13(3)7-12(2)9-17(15)18-16/h4-10,18H,1-3H3. The van der Waals surface area contributed by atoms with E-state index in [0.29, 0.717) is 0 Å². The minimum Gasteiger partial charge on any atom is -0.355 e. The molecule has 0 atom stereocenters. The number of aromatic amines is 1. The van der Waals surface area contributed by atoms with Crippen LogP contribution in [0.4, 0.5) is 0 Å². The van der Waals surface area contributed by atoms with Crippen LogP contribution in [-0.4, -0.2) is 4.98 Å². The molecule has 0 unspecified atom stereocenters. The zero-order chi connectivity index (χ0) is 12.7. The van der Waals surface area contributed by atoms with Gasteiger partial charge < -0.3 is 4.98 Å². The molecule has 3 rings (SSSR count). The lowest BCUT2D eigenvalue weighted by molar-refractivity contribution is 1.39. The van der Waals surface area contributed by atoms with Crippen LogP contribution in [0.1, 0.15) is 16.7 Å². The van der Waals surface area contributed by atoms with E-state index in [1.165, 1.54) is 38.9 Å². The summed E-state index contributed by atoms with van der Waals surface area (Å²) in [6, 6.07) is 15.3. The average Bonchev–Trinajstić information content (AvgIpc) is 2.73. The van der Waals surface area contributed by atoms with E-state index in [2.05, 4.69) is 68.2 Å². The highest BCUT2D eigenvalue weighted by Crippen LogP contribution is 2.27. The van der Waals surface area contributed by atoms with Crippen molar-refractivity contribution >= 4 is 10.9 Å². The van der Waals surface area contributed by atoms with Gasteiger partial charge in [-0.1, -0.05) is 29.8 Å². The molecule has 0 bridgehead atoms. The summed E-state index contributed by atoms with van der Waals surface area (Å²) < 4.78 is 0. The van der Waals surface area contributed by atoms with Crippen LogP contribution in [0.5, 0.6) is 0 Å². The number of rotatable bonds is 1. The predicted molar refractivity (Wildman–Crippen MR) is 77.9 cm³/mol. The third-order valence-corrected chi connectivity index (χ3v) is 3.42. The van der Waals surface area contributed by atoms with Gasteiger partial charge in [-0.3, -0.25) is 0 Å². The molecule has 2 aromatic carbocycles. The van der Waals surface area contributed by atoms with Gasteiger partial charge in [-0.25, -0.2) is 0 Å². The number of fused-ring (bicyclic) bond motifs is 1. The minimum absolute atomic E-state index is 1.20. The third-order valence-electron chi connectivity index (χ3n) is 3.42. The zero-order valence-corrected chi connectivity index (χ0v) is 11.0. The molecule has 1 aromatic heterocycles. The minimum atomic E-state index is 1.20. The molecule has 18 heavy (non-hydrogen) atoms. The van der Waals surface area contributed by atoms with Crippen LogP contribution in [0, 0.1) is 20.8 Å². The monoisotopic (exact) mass is 235 g/mol. The van der Waals surface area contributed by atoms with Crippen LogP contribution in [0.3, 0.4) is 0 Å². The molecule has 0 spiro atoms. The first-order valence-electron chi connectivity index (χ1n) is 6.30. The number of aryl methyl sites for hydroxylation is 3. The fraction of sp³-hybridized carbons (Fsp3) is 0.176. The largest absolute Gasteiger partial charge is 0.355 e. The number of nitrogens with one attached hydrogen (secondary N) is 1. The van der Waals surface area contributed by atoms with E-state index in [0.717, 1.165) is 0 Å². The molecular formula is C17H17N. The maximum absolute atomic E-state index is 3.52. The Hall–Kier alpha value is -2.02. The predicted octanol–water partition coefficient (Wildman–Crippen LogP) is 4.76. The van der Waals surface area contributed by atoms with Gasteiger partial charge in [0.05, 0.1) is 0 Å². The van der Waals surface area contributed by atoms with E-state index in [1.54, 1.807) is 0 Å². The summed E-state index contributed by atoms with van der Waals surface area (Å²) in [5.74, 6) is 0. The fourth-order valence-electron chi connectivity index (χ4n) is 2.57. The van der Waals surface area contributed by atoms with Crippen LogP contribution in [-0.2, 0) is 0 Å². The molecule has 90 valence electrons. The highest BCUT2D eigenvalue weighted by Gasteiger charge is 2.06. The number of H-pyrrole nitrogens is 1. The van der Waals surface area contributed by atoms with Gasteiger partial charge in [-0.2, -0.15) is 0 Å². The van der Waals surface area contributed by atoms with Crippen molar-refractivity contribution in [3.63, 3.8) is 0 Å². The van der Waals surface area contributed by atoms with Gasteiger partial charge in [-0.05, 0) is 55.7 Å². The van der Waals surface area contributed by atoms with E-state index in [9.17, 15) is 0 Å². The van der Waals surface area contributed by atoms with Crippen LogP contribution in [0.2, 0.25) is 0 Å². The SMILES string of the molecule is Cc1cccc(-c2cc3c(C)cc(C)cc3[nH]2)c1. The molecule has 0 aliphatic heterocycles. The summed E-state index contributed by atoms with van der Waals surface area (Å²) in [6.07, 6.45) is 0. The molecule has 3 aromatic rings. The molecule has 0 radical (unpaired) electrons. The molecular weight excluding hydrogens is 218 g/mol. The van der Waals surface area contributed by atoms with Crippen molar-refractivity contribution in [2.24, 2.45) is 0 Å². The fourth-order valence-corrected chi connectivity index (χ4v) is 2.57. The molecule has 1 heteroatoms. The van der Waals surface area contributed by atoms with E-state index in [-0.39, 0.29) is 0 Å². The smallest absolute Gasteiger partial charge is 0.0464 e. The average molecular weight is 235 g/mol. The molecule has 0 aliphatic rings. The first kappa shape index (κ1) is 11.1. The Kier molecular flexibility index (Phi) is 2.48. The number of hydrogen-bond donors (Lipinski definition) is 1. The second-order valence-corrected chi connectivity index (χ2v) is 5.10. The van der Waals surface area contributed by atoms with Gasteiger partial charge in [0, 0.05) is 16.6 Å². The third kappa shape index (κ3) is 1.82. The van der Waals surface area contributed by atoms with E-state index in [4.69, 9.17) is 0 Å². The number of hydrogen-bond acceptors (Lipinski definition) is 0. The van der Waals surface area contributed by atoms with Gasteiger partial charge >= 0.3 is 0 Å². The second kappa shape index (κ2) is 4.02. The van der Waals surface area contributed by atoms with Crippen LogP contribution in [0.15, 0.2) is 42.5 Å². The van der Waals surface area contributed by atoms with Gasteiger partial charge in [0.25, 0.3) is 0 Å². The first-order valence-corrected chi connectivity index (χ1v) is 6.30. The van der Waals surface area contributed by atoms with Crippen LogP contribution >= 0.6 is 0 Å². The maximum atomic E-state index is 3.52. The molecule has 0 amide bonds.